The van der Waals surface area contributed by atoms with Crippen molar-refractivity contribution in [3.63, 3.8) is 0 Å². The van der Waals surface area contributed by atoms with E-state index in [2.05, 4.69) is 0 Å². The minimum atomic E-state index is -4.08. The van der Waals surface area contributed by atoms with E-state index in [0.29, 0.717) is 12.8 Å². The summed E-state index contributed by atoms with van der Waals surface area (Å²) in [5.74, 6) is -3.58. The highest BCUT2D eigenvalue weighted by Gasteiger charge is 2.40. The Morgan fingerprint density at radius 3 is 1.89 bits per heavy atom. The molecule has 0 aromatic heterocycles. The van der Waals surface area contributed by atoms with Gasteiger partial charge in [0.25, 0.3) is 0 Å². The fourth-order valence-electron chi connectivity index (χ4n) is 2.49. The monoisotopic (exact) mass is 420 g/mol. The molecule has 0 aliphatic heterocycles. The normalized spacial score (nSPS) is 17.1. The predicted octanol–water partition coefficient (Wildman–Crippen LogP) is 2.00. The van der Waals surface area contributed by atoms with E-state index >= 15 is 0 Å². The van der Waals surface area contributed by atoms with Gasteiger partial charge in [-0.15, -0.1) is 0 Å². The highest BCUT2D eigenvalue weighted by Crippen LogP contribution is 2.33. The van der Waals surface area contributed by atoms with Crippen LogP contribution in [0.3, 0.4) is 0 Å². The smallest absolute Gasteiger partial charge is 0.306 e. The molecule has 1 aliphatic rings. The van der Waals surface area contributed by atoms with Gasteiger partial charge in [-0.05, 0) is 39.5 Å². The molecular formula is C17H24O8S2. The molecular weight excluding hydrogens is 396 g/mol. The molecule has 0 fully saturated rings. The third-order valence-electron chi connectivity index (χ3n) is 3.70. The fraction of sp³-hybridized carbons (Fsp3) is 0.529. The molecule has 0 aromatic carbocycles. The van der Waals surface area contributed by atoms with E-state index in [1.165, 1.54) is 6.92 Å². The summed E-state index contributed by atoms with van der Waals surface area (Å²) < 4.78 is 55.6. The third-order valence-corrected chi connectivity index (χ3v) is 4.64. The quantitative estimate of drug-likeness (QED) is 0.332. The second-order valence-corrected chi connectivity index (χ2v) is 9.84. The number of hydrogen-bond acceptors (Lipinski definition) is 8. The minimum absolute atomic E-state index is 0.211. The lowest BCUT2D eigenvalue weighted by Crippen LogP contribution is -2.30. The van der Waals surface area contributed by atoms with Crippen molar-refractivity contribution in [3.8, 4) is 0 Å². The van der Waals surface area contributed by atoms with Crippen molar-refractivity contribution in [1.29, 1.82) is 0 Å². The highest BCUT2D eigenvalue weighted by molar-refractivity contribution is 7.86. The molecule has 0 radical (unpaired) electrons. The van der Waals surface area contributed by atoms with E-state index in [9.17, 15) is 26.4 Å². The molecule has 152 valence electrons. The van der Waals surface area contributed by atoms with Crippen LogP contribution in [0.25, 0.3) is 0 Å². The van der Waals surface area contributed by atoms with Crippen LogP contribution < -0.4 is 0 Å². The summed E-state index contributed by atoms with van der Waals surface area (Å²) in [4.78, 5) is 25.4. The van der Waals surface area contributed by atoms with Crippen LogP contribution in [-0.4, -0.2) is 40.9 Å². The van der Waals surface area contributed by atoms with E-state index < -0.39 is 49.2 Å². The van der Waals surface area contributed by atoms with Crippen LogP contribution >= 0.6 is 0 Å². The van der Waals surface area contributed by atoms with Crippen molar-refractivity contribution in [3.05, 3.63) is 34.3 Å². The fourth-order valence-corrected chi connectivity index (χ4v) is 3.46. The van der Waals surface area contributed by atoms with Crippen LogP contribution in [-0.2, 0) is 38.2 Å². The number of rotatable bonds is 8. The molecule has 10 heteroatoms. The lowest BCUT2D eigenvalue weighted by Gasteiger charge is -2.24. The first-order chi connectivity index (χ1) is 12.1. The number of allylic oxidation sites excluding steroid dienone is 4. The molecule has 0 saturated carbocycles. The van der Waals surface area contributed by atoms with Crippen LogP contribution in [0.4, 0.5) is 0 Å². The molecule has 1 atom stereocenters. The SMILES string of the molecule is CC(C)=CCC[C@@H](C)C1=C(OS(C)(=O)=O)C(=O)C(C)=C(OS(C)(=O)=O)C1=O. The van der Waals surface area contributed by atoms with Crippen LogP contribution in [0.15, 0.2) is 34.3 Å². The van der Waals surface area contributed by atoms with Gasteiger partial charge in [-0.1, -0.05) is 18.6 Å². The van der Waals surface area contributed by atoms with Crippen molar-refractivity contribution >= 4 is 31.8 Å². The van der Waals surface area contributed by atoms with Crippen molar-refractivity contribution in [1.82, 2.24) is 0 Å². The van der Waals surface area contributed by atoms with Crippen LogP contribution in [0.5, 0.6) is 0 Å². The lowest BCUT2D eigenvalue weighted by atomic mass is 9.84. The molecule has 0 bridgehead atoms. The average Bonchev–Trinajstić information content (AvgIpc) is 2.46. The van der Waals surface area contributed by atoms with Gasteiger partial charge in [-0.25, -0.2) is 0 Å². The molecule has 0 spiro atoms. The molecule has 0 N–H and O–H groups in total. The van der Waals surface area contributed by atoms with Crippen molar-refractivity contribution in [2.75, 3.05) is 12.5 Å². The average molecular weight is 421 g/mol. The zero-order chi connectivity index (χ0) is 21.2. The number of ketones is 2. The van der Waals surface area contributed by atoms with Gasteiger partial charge in [0.15, 0.2) is 11.5 Å². The highest BCUT2D eigenvalue weighted by atomic mass is 32.2. The molecule has 0 saturated heterocycles. The number of carbonyl (C=O) groups excluding carboxylic acids is 2. The Labute approximate surface area is 160 Å². The first kappa shape index (κ1) is 23.1. The zero-order valence-corrected chi connectivity index (χ0v) is 17.8. The van der Waals surface area contributed by atoms with E-state index in [1.54, 1.807) is 6.92 Å². The van der Waals surface area contributed by atoms with Crippen LogP contribution in [0.2, 0.25) is 0 Å². The Kier molecular flexibility index (Phi) is 7.17. The van der Waals surface area contributed by atoms with Crippen molar-refractivity contribution in [2.24, 2.45) is 5.92 Å². The maximum absolute atomic E-state index is 12.8. The number of hydrogen-bond donors (Lipinski definition) is 0. The second-order valence-electron chi connectivity index (χ2n) is 6.69. The van der Waals surface area contributed by atoms with E-state index in [-0.39, 0.29) is 11.1 Å². The summed E-state index contributed by atoms with van der Waals surface area (Å²) in [5, 5.41) is 0. The van der Waals surface area contributed by atoms with Gasteiger partial charge < -0.3 is 8.37 Å². The van der Waals surface area contributed by atoms with Crippen LogP contribution in [0.1, 0.15) is 40.5 Å². The summed E-state index contributed by atoms with van der Waals surface area (Å²) in [5.41, 5.74) is 0.521. The number of carbonyl (C=O) groups is 2. The Hall–Kier alpha value is -1.94. The molecule has 1 rings (SSSR count). The van der Waals surface area contributed by atoms with Gasteiger partial charge in [0.1, 0.15) is 0 Å². The molecule has 0 unspecified atom stereocenters. The van der Waals surface area contributed by atoms with Crippen LogP contribution in [0, 0.1) is 5.92 Å². The van der Waals surface area contributed by atoms with Crippen molar-refractivity contribution in [2.45, 2.75) is 40.5 Å². The first-order valence-corrected chi connectivity index (χ1v) is 11.7. The summed E-state index contributed by atoms with van der Waals surface area (Å²) in [6.45, 7) is 6.61. The molecule has 0 heterocycles. The largest absolute Gasteiger partial charge is 0.378 e. The second kappa shape index (κ2) is 8.39. The topological polar surface area (TPSA) is 121 Å². The Morgan fingerprint density at radius 1 is 0.963 bits per heavy atom. The Morgan fingerprint density at radius 2 is 1.44 bits per heavy atom. The van der Waals surface area contributed by atoms with Gasteiger partial charge in [0.2, 0.25) is 11.6 Å². The Balaban J connectivity index is 3.47. The van der Waals surface area contributed by atoms with E-state index in [1.807, 2.05) is 19.9 Å². The maximum atomic E-state index is 12.8. The Bertz CT molecular complexity index is 943. The van der Waals surface area contributed by atoms with Gasteiger partial charge in [-0.3, -0.25) is 9.59 Å². The molecule has 0 amide bonds. The summed E-state index contributed by atoms with van der Waals surface area (Å²) in [7, 11) is -8.15. The molecule has 1 aliphatic carbocycles. The molecule has 27 heavy (non-hydrogen) atoms. The molecule has 8 nitrogen and oxygen atoms in total. The van der Waals surface area contributed by atoms with E-state index in [0.717, 1.165) is 18.1 Å². The van der Waals surface area contributed by atoms with E-state index in [4.69, 9.17) is 8.37 Å². The zero-order valence-electron chi connectivity index (χ0n) is 16.2. The summed E-state index contributed by atoms with van der Waals surface area (Å²) in [6, 6.07) is 0. The number of Topliss-reactive ketones (excluding diaryl/α,β-unsaturated/α-hetero) is 2. The lowest BCUT2D eigenvalue weighted by molar-refractivity contribution is -0.119. The molecule has 0 aromatic rings. The maximum Gasteiger partial charge on any atom is 0.306 e. The standard InChI is InChI=1S/C17H24O8S2/c1-10(2)8-7-9-11(3)13-15(19)16(24-26(5,20)21)12(4)14(18)17(13)25-27(6,22)23/h8,11H,7,9H2,1-6H3/t11-/m1/s1. The van der Waals surface area contributed by atoms with Gasteiger partial charge >= 0.3 is 20.2 Å². The van der Waals surface area contributed by atoms with Gasteiger partial charge in [0, 0.05) is 5.57 Å². The summed E-state index contributed by atoms with van der Waals surface area (Å²) in [6.07, 6.45) is 4.42. The van der Waals surface area contributed by atoms with Gasteiger partial charge in [-0.2, -0.15) is 16.8 Å². The predicted molar refractivity (Wildman–Crippen MR) is 99.4 cm³/mol. The van der Waals surface area contributed by atoms with Crippen molar-refractivity contribution < 1.29 is 34.8 Å². The first-order valence-electron chi connectivity index (χ1n) is 8.10. The third kappa shape index (κ3) is 6.62. The van der Waals surface area contributed by atoms with Gasteiger partial charge in [0.05, 0.1) is 18.1 Å². The minimum Gasteiger partial charge on any atom is -0.378 e. The summed E-state index contributed by atoms with van der Waals surface area (Å²) >= 11 is 0.